The van der Waals surface area contributed by atoms with E-state index in [1.165, 1.54) is 29.5 Å². The summed E-state index contributed by atoms with van der Waals surface area (Å²) >= 11 is 1.49. The van der Waals surface area contributed by atoms with Crippen LogP contribution >= 0.6 is 11.3 Å². The third kappa shape index (κ3) is 3.47. The van der Waals surface area contributed by atoms with Gasteiger partial charge in [0, 0.05) is 17.5 Å². The molecule has 1 fully saturated rings. The van der Waals surface area contributed by atoms with Crippen molar-refractivity contribution in [2.45, 2.75) is 31.4 Å². The van der Waals surface area contributed by atoms with Gasteiger partial charge in [-0.05, 0) is 42.8 Å². The summed E-state index contributed by atoms with van der Waals surface area (Å²) in [7, 11) is 0. The Morgan fingerprint density at radius 2 is 2.08 bits per heavy atom. The second kappa shape index (κ2) is 7.11. The lowest BCUT2D eigenvalue weighted by atomic mass is 10.1. The van der Waals surface area contributed by atoms with Crippen molar-refractivity contribution in [2.75, 3.05) is 6.54 Å². The molecule has 1 aliphatic heterocycles. The summed E-state index contributed by atoms with van der Waals surface area (Å²) in [5.41, 5.74) is -0.0115. The number of likely N-dealkylation sites (tertiary alicyclic amines) is 1. The lowest BCUT2D eigenvalue weighted by molar-refractivity contribution is 0.0663. The molecule has 0 spiro atoms. The van der Waals surface area contributed by atoms with E-state index in [9.17, 15) is 14.7 Å². The van der Waals surface area contributed by atoms with E-state index < -0.39 is 12.1 Å². The largest absolute Gasteiger partial charge is 0.477 e. The first-order valence-corrected chi connectivity index (χ1v) is 8.67. The lowest BCUT2D eigenvalue weighted by Crippen LogP contribution is -2.37. The summed E-state index contributed by atoms with van der Waals surface area (Å²) in [4.78, 5) is 30.2. The van der Waals surface area contributed by atoms with Crippen LogP contribution in [-0.2, 0) is 0 Å². The third-order valence-electron chi connectivity index (χ3n) is 4.19. The molecule has 2 unspecified atom stereocenters. The van der Waals surface area contributed by atoms with E-state index in [2.05, 4.69) is 4.98 Å². The molecular formula is C17H18N2O4S. The molecule has 0 radical (unpaired) electrons. The zero-order valence-electron chi connectivity index (χ0n) is 13.0. The molecule has 7 heteroatoms. The summed E-state index contributed by atoms with van der Waals surface area (Å²) in [5, 5.41) is 21.3. The zero-order valence-corrected chi connectivity index (χ0v) is 13.8. The van der Waals surface area contributed by atoms with Crippen molar-refractivity contribution in [1.82, 2.24) is 9.88 Å². The molecule has 3 heterocycles. The SMILES string of the molecule is O=C(O)c1cccc(C(=O)N2CCCC2CC(O)c2cccs2)n1. The highest BCUT2D eigenvalue weighted by molar-refractivity contribution is 7.10. The summed E-state index contributed by atoms with van der Waals surface area (Å²) in [5.74, 6) is -1.44. The van der Waals surface area contributed by atoms with Gasteiger partial charge in [0.15, 0.2) is 0 Å². The minimum absolute atomic E-state index is 0.0649. The van der Waals surface area contributed by atoms with Gasteiger partial charge in [-0.1, -0.05) is 12.1 Å². The van der Waals surface area contributed by atoms with Crippen molar-refractivity contribution in [3.8, 4) is 0 Å². The molecule has 0 saturated carbocycles. The highest BCUT2D eigenvalue weighted by Crippen LogP contribution is 2.30. The van der Waals surface area contributed by atoms with E-state index >= 15 is 0 Å². The number of pyridine rings is 1. The van der Waals surface area contributed by atoms with Crippen LogP contribution in [0.5, 0.6) is 0 Å². The molecule has 1 aliphatic rings. The van der Waals surface area contributed by atoms with Crippen LogP contribution in [0.4, 0.5) is 0 Å². The molecule has 24 heavy (non-hydrogen) atoms. The van der Waals surface area contributed by atoms with E-state index in [0.29, 0.717) is 13.0 Å². The fraction of sp³-hybridized carbons (Fsp3) is 0.353. The number of aliphatic hydroxyl groups is 1. The van der Waals surface area contributed by atoms with Crippen molar-refractivity contribution in [1.29, 1.82) is 0 Å². The number of carbonyl (C=O) groups is 2. The van der Waals surface area contributed by atoms with Crippen molar-refractivity contribution in [3.63, 3.8) is 0 Å². The Labute approximate surface area is 143 Å². The molecule has 2 aromatic heterocycles. The van der Waals surface area contributed by atoms with Gasteiger partial charge in [0.2, 0.25) is 0 Å². The quantitative estimate of drug-likeness (QED) is 0.868. The standard InChI is InChI=1S/C17H18N2O4S/c20-14(15-7-3-9-24-15)10-11-4-2-8-19(11)16(21)12-5-1-6-13(18-12)17(22)23/h1,3,5-7,9,11,14,20H,2,4,8,10H2,(H,22,23). The number of aromatic nitrogens is 1. The molecule has 0 bridgehead atoms. The molecule has 126 valence electrons. The van der Waals surface area contributed by atoms with Crippen LogP contribution in [0.25, 0.3) is 0 Å². The average Bonchev–Trinajstić information content (AvgIpc) is 3.26. The lowest BCUT2D eigenvalue weighted by Gasteiger charge is -2.26. The molecule has 1 saturated heterocycles. The maximum atomic E-state index is 12.7. The van der Waals surface area contributed by atoms with Crippen molar-refractivity contribution in [2.24, 2.45) is 0 Å². The molecule has 0 aliphatic carbocycles. The summed E-state index contributed by atoms with van der Waals surface area (Å²) in [6.45, 7) is 0.597. The van der Waals surface area contributed by atoms with Crippen LogP contribution < -0.4 is 0 Å². The molecular weight excluding hydrogens is 328 g/mol. The normalized spacial score (nSPS) is 18.5. The number of aliphatic hydroxyl groups excluding tert-OH is 1. The predicted molar refractivity (Wildman–Crippen MR) is 89.2 cm³/mol. The Hall–Kier alpha value is -2.25. The van der Waals surface area contributed by atoms with E-state index in [-0.39, 0.29) is 23.3 Å². The highest BCUT2D eigenvalue weighted by Gasteiger charge is 2.32. The Bertz CT molecular complexity index is 732. The number of carboxylic acids is 1. The number of hydrogen-bond acceptors (Lipinski definition) is 5. The van der Waals surface area contributed by atoms with Gasteiger partial charge in [-0.3, -0.25) is 4.79 Å². The van der Waals surface area contributed by atoms with Gasteiger partial charge in [-0.2, -0.15) is 0 Å². The van der Waals surface area contributed by atoms with Gasteiger partial charge in [0.25, 0.3) is 5.91 Å². The molecule has 1 amide bonds. The smallest absolute Gasteiger partial charge is 0.354 e. The summed E-state index contributed by atoms with van der Waals surface area (Å²) < 4.78 is 0. The van der Waals surface area contributed by atoms with Gasteiger partial charge < -0.3 is 15.1 Å². The average molecular weight is 346 g/mol. The summed E-state index contributed by atoms with van der Waals surface area (Å²) in [6.07, 6.45) is 1.57. The molecule has 6 nitrogen and oxygen atoms in total. The number of nitrogens with zero attached hydrogens (tertiary/aromatic N) is 2. The van der Waals surface area contributed by atoms with Crippen molar-refractivity contribution >= 4 is 23.2 Å². The first kappa shape index (κ1) is 16.6. The first-order chi connectivity index (χ1) is 11.6. The second-order valence-corrected chi connectivity index (χ2v) is 6.75. The molecule has 2 atom stereocenters. The van der Waals surface area contributed by atoms with Crippen LogP contribution in [0.2, 0.25) is 0 Å². The maximum Gasteiger partial charge on any atom is 0.354 e. The Balaban J connectivity index is 1.74. The number of thiophene rings is 1. The zero-order chi connectivity index (χ0) is 17.1. The molecule has 2 N–H and O–H groups in total. The van der Waals surface area contributed by atoms with Crippen LogP contribution in [-0.4, -0.2) is 44.6 Å². The minimum Gasteiger partial charge on any atom is -0.477 e. The predicted octanol–water partition coefficient (Wildman–Crippen LogP) is 2.57. The topological polar surface area (TPSA) is 90.7 Å². The van der Waals surface area contributed by atoms with Crippen LogP contribution in [0.1, 0.15) is 51.2 Å². The van der Waals surface area contributed by atoms with Gasteiger partial charge in [0.05, 0.1) is 6.10 Å². The highest BCUT2D eigenvalue weighted by atomic mass is 32.1. The second-order valence-electron chi connectivity index (χ2n) is 5.77. The Kier molecular flexibility index (Phi) is 4.92. The summed E-state index contributed by atoms with van der Waals surface area (Å²) in [6, 6.07) is 8.12. The third-order valence-corrected chi connectivity index (χ3v) is 5.17. The Morgan fingerprint density at radius 3 is 2.79 bits per heavy atom. The van der Waals surface area contributed by atoms with E-state index in [4.69, 9.17) is 5.11 Å². The van der Waals surface area contributed by atoms with Crippen molar-refractivity contribution in [3.05, 3.63) is 52.0 Å². The molecule has 0 aromatic carbocycles. The number of amides is 1. The van der Waals surface area contributed by atoms with Crippen LogP contribution in [0.3, 0.4) is 0 Å². The maximum absolute atomic E-state index is 12.7. The van der Waals surface area contributed by atoms with Crippen molar-refractivity contribution < 1.29 is 19.8 Å². The first-order valence-electron chi connectivity index (χ1n) is 7.79. The molecule has 3 rings (SSSR count). The van der Waals surface area contributed by atoms with E-state index in [1.807, 2.05) is 17.5 Å². The van der Waals surface area contributed by atoms with E-state index in [0.717, 1.165) is 17.7 Å². The van der Waals surface area contributed by atoms with Gasteiger partial charge >= 0.3 is 5.97 Å². The van der Waals surface area contributed by atoms with Gasteiger partial charge in [-0.25, -0.2) is 9.78 Å². The monoisotopic (exact) mass is 346 g/mol. The van der Waals surface area contributed by atoms with Gasteiger partial charge in [0.1, 0.15) is 11.4 Å². The fourth-order valence-electron chi connectivity index (χ4n) is 3.02. The number of rotatable bonds is 5. The minimum atomic E-state index is -1.16. The number of carbonyl (C=O) groups excluding carboxylic acids is 1. The number of hydrogen-bond donors (Lipinski definition) is 2. The van der Waals surface area contributed by atoms with Gasteiger partial charge in [-0.15, -0.1) is 11.3 Å². The van der Waals surface area contributed by atoms with Crippen LogP contribution in [0, 0.1) is 0 Å². The van der Waals surface area contributed by atoms with E-state index in [1.54, 1.807) is 4.90 Å². The Morgan fingerprint density at radius 1 is 1.29 bits per heavy atom. The fourth-order valence-corrected chi connectivity index (χ4v) is 3.75. The molecule has 2 aromatic rings. The van der Waals surface area contributed by atoms with Crippen LogP contribution in [0.15, 0.2) is 35.7 Å². The number of carboxylic acid groups (broad SMARTS) is 1. The number of aromatic carboxylic acids is 1.